The van der Waals surface area contributed by atoms with Gasteiger partial charge in [0.2, 0.25) is 8.32 Å². The van der Waals surface area contributed by atoms with E-state index >= 15 is 0 Å². The Morgan fingerprint density at radius 1 is 0.414 bits per heavy atom. The van der Waals surface area contributed by atoms with Gasteiger partial charge in [0.25, 0.3) is 8.32 Å². The molecule has 0 saturated carbocycles. The second kappa shape index (κ2) is 8.33. The van der Waals surface area contributed by atoms with Crippen molar-refractivity contribution >= 4 is 37.4 Å². The lowest BCUT2D eigenvalue weighted by Gasteiger charge is -2.40. The zero-order valence-electron chi connectivity index (χ0n) is 17.0. The van der Waals surface area contributed by atoms with E-state index < -0.39 is 16.6 Å². The highest BCUT2D eigenvalue weighted by Gasteiger charge is 2.46. The van der Waals surface area contributed by atoms with Crippen LogP contribution in [-0.2, 0) is 4.12 Å². The van der Waals surface area contributed by atoms with Gasteiger partial charge >= 0.3 is 0 Å². The summed E-state index contributed by atoms with van der Waals surface area (Å²) in [6.07, 6.45) is 0. The monoisotopic (exact) mass is 410 g/mol. The molecule has 0 unspecified atom stereocenters. The van der Waals surface area contributed by atoms with Gasteiger partial charge in [0.1, 0.15) is 0 Å². The predicted molar refractivity (Wildman–Crippen MR) is 129 cm³/mol. The van der Waals surface area contributed by atoms with Gasteiger partial charge in [0.15, 0.2) is 0 Å². The van der Waals surface area contributed by atoms with E-state index in [0.717, 1.165) is 0 Å². The second-order valence-corrected chi connectivity index (χ2v) is 15.3. The van der Waals surface area contributed by atoms with Crippen molar-refractivity contribution < 1.29 is 4.12 Å². The van der Waals surface area contributed by atoms with E-state index in [1.807, 2.05) is 0 Å². The maximum Gasteiger partial charge on any atom is 0.278 e. The molecule has 0 saturated heterocycles. The van der Waals surface area contributed by atoms with Crippen LogP contribution in [0.5, 0.6) is 0 Å². The maximum atomic E-state index is 7.45. The van der Waals surface area contributed by atoms with Crippen molar-refractivity contribution in [3.8, 4) is 0 Å². The van der Waals surface area contributed by atoms with Crippen molar-refractivity contribution in [2.75, 3.05) is 0 Å². The van der Waals surface area contributed by atoms with Crippen LogP contribution in [0.3, 0.4) is 0 Å². The first-order chi connectivity index (χ1) is 14.1. The Balaban J connectivity index is 1.98. The smallest absolute Gasteiger partial charge is 0.278 e. The minimum Gasteiger partial charge on any atom is -0.442 e. The fraction of sp³-hybridized carbons (Fsp3) is 0.0769. The Labute approximate surface area is 175 Å². The highest BCUT2D eigenvalue weighted by atomic mass is 28.4. The minimum atomic E-state index is -2.68. The predicted octanol–water partition coefficient (Wildman–Crippen LogP) is 3.78. The Morgan fingerprint density at radius 3 is 1.00 bits per heavy atom. The molecule has 0 radical (unpaired) electrons. The average molecular weight is 411 g/mol. The first-order valence-electron chi connectivity index (χ1n) is 10.1. The third-order valence-corrected chi connectivity index (χ3v) is 13.8. The third-order valence-electron chi connectivity index (χ3n) is 5.42. The molecule has 4 rings (SSSR count). The van der Waals surface area contributed by atoms with Crippen molar-refractivity contribution in [3.63, 3.8) is 0 Å². The molecule has 0 aliphatic heterocycles. The molecule has 1 nitrogen and oxygen atoms in total. The summed E-state index contributed by atoms with van der Waals surface area (Å²) in [7, 11) is -4.88. The zero-order chi connectivity index (χ0) is 20.2. The van der Waals surface area contributed by atoms with Crippen LogP contribution in [0, 0.1) is 0 Å². The molecule has 0 spiro atoms. The average Bonchev–Trinajstić information content (AvgIpc) is 2.80. The summed E-state index contributed by atoms with van der Waals surface area (Å²) < 4.78 is 7.45. The third kappa shape index (κ3) is 3.90. The lowest BCUT2D eigenvalue weighted by molar-refractivity contribution is 0.586. The van der Waals surface area contributed by atoms with E-state index in [1.165, 1.54) is 20.7 Å². The van der Waals surface area contributed by atoms with Gasteiger partial charge in [-0.1, -0.05) is 121 Å². The summed E-state index contributed by atoms with van der Waals surface area (Å²) >= 11 is 0. The molecule has 4 aromatic carbocycles. The lowest BCUT2D eigenvalue weighted by atomic mass is 10.3. The van der Waals surface area contributed by atoms with E-state index in [4.69, 9.17) is 4.12 Å². The van der Waals surface area contributed by atoms with Crippen LogP contribution >= 0.6 is 0 Å². The molecular formula is C26H26OSi2. The van der Waals surface area contributed by atoms with E-state index in [9.17, 15) is 0 Å². The van der Waals surface area contributed by atoms with E-state index in [0.29, 0.717) is 0 Å². The molecule has 3 heteroatoms. The molecule has 29 heavy (non-hydrogen) atoms. The summed E-state index contributed by atoms with van der Waals surface area (Å²) in [6.45, 7) is 4.64. The van der Waals surface area contributed by atoms with Gasteiger partial charge in [0, 0.05) is 0 Å². The Kier molecular flexibility index (Phi) is 5.63. The van der Waals surface area contributed by atoms with Crippen LogP contribution in [0.2, 0.25) is 13.1 Å². The molecule has 144 valence electrons. The van der Waals surface area contributed by atoms with Crippen molar-refractivity contribution in [1.29, 1.82) is 0 Å². The number of hydrogen-bond acceptors (Lipinski definition) is 1. The zero-order valence-corrected chi connectivity index (χ0v) is 19.0. The molecule has 0 amide bonds. The molecule has 0 aliphatic rings. The van der Waals surface area contributed by atoms with Gasteiger partial charge in [-0.05, 0) is 33.8 Å². The van der Waals surface area contributed by atoms with Crippen LogP contribution in [0.1, 0.15) is 0 Å². The van der Waals surface area contributed by atoms with Gasteiger partial charge in [-0.2, -0.15) is 0 Å². The molecule has 0 N–H and O–H groups in total. The largest absolute Gasteiger partial charge is 0.442 e. The van der Waals surface area contributed by atoms with Gasteiger partial charge < -0.3 is 4.12 Å². The maximum absolute atomic E-state index is 7.45. The standard InChI is InChI=1S/C26H26OSi2/c1-28(2,23-15-7-3-8-16-23)27-29(24-17-9-4-10-18-24,25-19-11-5-12-20-25)26-21-13-6-14-22-26/h3-22H,1-2H3. The minimum absolute atomic E-state index is 1.29. The van der Waals surface area contributed by atoms with E-state index in [-0.39, 0.29) is 0 Å². The van der Waals surface area contributed by atoms with Gasteiger partial charge in [0.05, 0.1) is 0 Å². The summed E-state index contributed by atoms with van der Waals surface area (Å²) in [5.41, 5.74) is 0. The molecule has 0 aliphatic carbocycles. The number of hydrogen-bond donors (Lipinski definition) is 0. The van der Waals surface area contributed by atoms with Crippen LogP contribution in [0.4, 0.5) is 0 Å². The quantitative estimate of drug-likeness (QED) is 0.347. The van der Waals surface area contributed by atoms with Crippen molar-refractivity contribution in [3.05, 3.63) is 121 Å². The van der Waals surface area contributed by atoms with Crippen molar-refractivity contribution in [2.45, 2.75) is 13.1 Å². The van der Waals surface area contributed by atoms with Crippen LogP contribution in [0.25, 0.3) is 0 Å². The summed E-state index contributed by atoms with van der Waals surface area (Å²) in [5, 5.41) is 5.18. The Hall–Kier alpha value is -2.73. The fourth-order valence-corrected chi connectivity index (χ4v) is 12.9. The van der Waals surface area contributed by atoms with Gasteiger partial charge in [-0.3, -0.25) is 0 Å². The van der Waals surface area contributed by atoms with Crippen molar-refractivity contribution in [2.24, 2.45) is 0 Å². The van der Waals surface area contributed by atoms with E-state index in [2.05, 4.69) is 134 Å². The highest BCUT2D eigenvalue weighted by molar-refractivity contribution is 7.11. The molecule has 0 heterocycles. The summed E-state index contributed by atoms with van der Waals surface area (Å²) in [5.74, 6) is 0. The van der Waals surface area contributed by atoms with Crippen LogP contribution in [-0.4, -0.2) is 16.6 Å². The number of rotatable bonds is 6. The molecule has 0 bridgehead atoms. The Morgan fingerprint density at radius 2 is 0.690 bits per heavy atom. The molecule has 4 aromatic rings. The molecule has 0 aromatic heterocycles. The lowest BCUT2D eigenvalue weighted by Crippen LogP contribution is -2.73. The summed E-state index contributed by atoms with van der Waals surface area (Å²) in [4.78, 5) is 0. The van der Waals surface area contributed by atoms with Crippen LogP contribution < -0.4 is 20.7 Å². The molecular weight excluding hydrogens is 384 g/mol. The highest BCUT2D eigenvalue weighted by Crippen LogP contribution is 2.17. The SMILES string of the molecule is C[Si](C)(O[Si](c1ccccc1)(c1ccccc1)c1ccccc1)c1ccccc1. The second-order valence-electron chi connectivity index (χ2n) is 7.76. The van der Waals surface area contributed by atoms with E-state index in [1.54, 1.807) is 0 Å². The molecule has 0 fully saturated rings. The summed E-state index contributed by atoms with van der Waals surface area (Å²) in [6, 6.07) is 43.2. The topological polar surface area (TPSA) is 9.23 Å². The first-order valence-corrected chi connectivity index (χ1v) is 14.9. The van der Waals surface area contributed by atoms with Gasteiger partial charge in [-0.25, -0.2) is 0 Å². The van der Waals surface area contributed by atoms with Gasteiger partial charge in [-0.15, -0.1) is 0 Å². The Bertz CT molecular complexity index is 936. The van der Waals surface area contributed by atoms with Crippen LogP contribution in [0.15, 0.2) is 121 Å². The first kappa shape index (κ1) is 19.6. The normalized spacial score (nSPS) is 11.9. The number of benzene rings is 4. The van der Waals surface area contributed by atoms with Crippen molar-refractivity contribution in [1.82, 2.24) is 0 Å². The molecule has 0 atom stereocenters. The fourth-order valence-electron chi connectivity index (χ4n) is 3.98.